The zero-order valence-electron chi connectivity index (χ0n) is 11.3. The quantitative estimate of drug-likeness (QED) is 0.774. The lowest BCUT2D eigenvalue weighted by molar-refractivity contribution is -0.209. The molecule has 1 N–H and O–H groups in total. The average Bonchev–Trinajstić information content (AvgIpc) is 2.39. The Balaban J connectivity index is 2.46. The molecule has 0 bridgehead atoms. The van der Waals surface area contributed by atoms with E-state index < -0.39 is 14.6 Å². The molecule has 0 aromatic carbocycles. The Morgan fingerprint density at radius 1 is 1.44 bits per heavy atom. The maximum absolute atomic E-state index is 9.35. The molecule has 16 heavy (non-hydrogen) atoms. The van der Waals surface area contributed by atoms with E-state index in [-0.39, 0.29) is 11.1 Å². The fraction of sp³-hybridized carbons (Fsp3) is 1.00. The molecule has 4 nitrogen and oxygen atoms in total. The van der Waals surface area contributed by atoms with Gasteiger partial charge in [0.2, 0.25) is 0 Å². The van der Waals surface area contributed by atoms with Crippen LogP contribution in [0.4, 0.5) is 0 Å². The number of aliphatic hydroxyl groups is 1. The minimum Gasteiger partial charge on any atom is -0.415 e. The van der Waals surface area contributed by atoms with Gasteiger partial charge in [-0.25, -0.2) is 0 Å². The third-order valence-corrected chi connectivity index (χ3v) is 8.22. The molecule has 1 saturated heterocycles. The Labute approximate surface area is 99.6 Å². The first-order valence-corrected chi connectivity index (χ1v) is 8.76. The predicted octanol–water partition coefficient (Wildman–Crippen LogP) is 1.96. The summed E-state index contributed by atoms with van der Waals surface area (Å²) in [5.41, 5.74) is 0. The first-order valence-electron chi connectivity index (χ1n) is 5.85. The molecule has 2 unspecified atom stereocenters. The number of likely N-dealkylation sites (N-methyl/N-ethyl adjacent to an activating group) is 1. The molecule has 0 aromatic rings. The van der Waals surface area contributed by atoms with E-state index in [9.17, 15) is 5.11 Å². The van der Waals surface area contributed by atoms with Crippen molar-refractivity contribution in [1.29, 1.82) is 0 Å². The van der Waals surface area contributed by atoms with Gasteiger partial charge in [-0.1, -0.05) is 20.8 Å². The van der Waals surface area contributed by atoms with Crippen molar-refractivity contribution in [2.75, 3.05) is 13.7 Å². The average molecular weight is 247 g/mol. The van der Waals surface area contributed by atoms with Gasteiger partial charge in [-0.3, -0.25) is 4.84 Å². The molecule has 1 rings (SSSR count). The lowest BCUT2D eigenvalue weighted by Gasteiger charge is -2.37. The van der Waals surface area contributed by atoms with E-state index in [1.54, 1.807) is 5.06 Å². The van der Waals surface area contributed by atoms with E-state index in [0.29, 0.717) is 13.0 Å². The summed E-state index contributed by atoms with van der Waals surface area (Å²) in [7, 11) is 0.155. The minimum absolute atomic E-state index is 0.170. The molecule has 1 heterocycles. The van der Waals surface area contributed by atoms with E-state index >= 15 is 0 Å². The van der Waals surface area contributed by atoms with Crippen LogP contribution in [-0.4, -0.2) is 44.5 Å². The summed E-state index contributed by atoms with van der Waals surface area (Å²) < 4.78 is 6.10. The first-order chi connectivity index (χ1) is 7.13. The largest absolute Gasteiger partial charge is 0.415 e. The normalized spacial score (nSPS) is 28.7. The predicted molar refractivity (Wildman–Crippen MR) is 66.4 cm³/mol. The Kier molecular flexibility index (Phi) is 4.18. The highest BCUT2D eigenvalue weighted by Gasteiger charge is 2.39. The molecule has 0 saturated carbocycles. The zero-order valence-corrected chi connectivity index (χ0v) is 12.3. The molecule has 0 amide bonds. The van der Waals surface area contributed by atoms with Gasteiger partial charge >= 0.3 is 0 Å². The molecule has 0 aromatic heterocycles. The molecular formula is C11H25NO3Si. The van der Waals surface area contributed by atoms with Crippen molar-refractivity contribution in [1.82, 2.24) is 5.06 Å². The van der Waals surface area contributed by atoms with Gasteiger partial charge in [0, 0.05) is 13.5 Å². The molecule has 1 aliphatic heterocycles. The highest BCUT2D eigenvalue weighted by molar-refractivity contribution is 6.74. The maximum atomic E-state index is 9.35. The molecule has 1 fully saturated rings. The van der Waals surface area contributed by atoms with Crippen molar-refractivity contribution in [3.8, 4) is 0 Å². The number of rotatable bonds is 3. The lowest BCUT2D eigenvalue weighted by atomic mass is 10.2. The number of hydroxylamine groups is 2. The van der Waals surface area contributed by atoms with E-state index in [1.165, 1.54) is 0 Å². The SMILES string of the molecule is CN1OC(O)CC1CO[Si](C)(C)C(C)(C)C. The zero-order chi connectivity index (χ0) is 12.6. The fourth-order valence-corrected chi connectivity index (χ4v) is 2.44. The molecule has 2 atom stereocenters. The standard InChI is InChI=1S/C11H25NO3Si/c1-11(2,3)16(5,6)14-8-9-7-10(13)15-12(9)4/h9-10,13H,7-8H2,1-6H3. The van der Waals surface area contributed by atoms with Crippen LogP contribution in [0.1, 0.15) is 27.2 Å². The third kappa shape index (κ3) is 3.27. The van der Waals surface area contributed by atoms with Crippen LogP contribution in [0.3, 0.4) is 0 Å². The fourth-order valence-electron chi connectivity index (χ4n) is 1.40. The van der Waals surface area contributed by atoms with Crippen LogP contribution in [0.15, 0.2) is 0 Å². The van der Waals surface area contributed by atoms with Crippen molar-refractivity contribution in [3.63, 3.8) is 0 Å². The van der Waals surface area contributed by atoms with Crippen LogP contribution in [-0.2, 0) is 9.26 Å². The van der Waals surface area contributed by atoms with Crippen molar-refractivity contribution in [2.24, 2.45) is 0 Å². The summed E-state index contributed by atoms with van der Waals surface area (Å²) in [5.74, 6) is 0. The van der Waals surface area contributed by atoms with Crippen LogP contribution >= 0.6 is 0 Å². The van der Waals surface area contributed by atoms with Gasteiger partial charge in [0.05, 0.1) is 12.6 Å². The van der Waals surface area contributed by atoms with Gasteiger partial charge < -0.3 is 9.53 Å². The number of hydrogen-bond donors (Lipinski definition) is 1. The summed E-state index contributed by atoms with van der Waals surface area (Å²) in [6.07, 6.45) is -0.0384. The monoisotopic (exact) mass is 247 g/mol. The Morgan fingerprint density at radius 3 is 2.38 bits per heavy atom. The molecule has 0 spiro atoms. The summed E-state index contributed by atoms with van der Waals surface area (Å²) in [5, 5.41) is 11.3. The van der Waals surface area contributed by atoms with Crippen molar-refractivity contribution in [2.45, 2.75) is 57.7 Å². The van der Waals surface area contributed by atoms with Gasteiger partial charge in [0.15, 0.2) is 14.6 Å². The summed E-state index contributed by atoms with van der Waals surface area (Å²) in [4.78, 5) is 5.15. The van der Waals surface area contributed by atoms with Crippen LogP contribution in [0.25, 0.3) is 0 Å². The molecule has 0 radical (unpaired) electrons. The van der Waals surface area contributed by atoms with Gasteiger partial charge in [0.25, 0.3) is 0 Å². The number of hydrogen-bond acceptors (Lipinski definition) is 4. The van der Waals surface area contributed by atoms with Crippen LogP contribution in [0.2, 0.25) is 18.1 Å². The maximum Gasteiger partial charge on any atom is 0.192 e. The second-order valence-electron chi connectivity index (χ2n) is 6.07. The van der Waals surface area contributed by atoms with Crippen molar-refractivity contribution in [3.05, 3.63) is 0 Å². The number of aliphatic hydroxyl groups excluding tert-OH is 1. The minimum atomic E-state index is -1.69. The van der Waals surface area contributed by atoms with Gasteiger partial charge in [0.1, 0.15) is 0 Å². The Hall–Kier alpha value is 0.0569. The summed E-state index contributed by atoms with van der Waals surface area (Å²) in [6, 6.07) is 0.170. The highest BCUT2D eigenvalue weighted by Crippen LogP contribution is 2.37. The second kappa shape index (κ2) is 4.74. The lowest BCUT2D eigenvalue weighted by Crippen LogP contribution is -2.44. The van der Waals surface area contributed by atoms with Crippen molar-refractivity contribution < 1.29 is 14.4 Å². The molecule has 96 valence electrons. The Bertz CT molecular complexity index is 240. The Morgan fingerprint density at radius 2 is 2.00 bits per heavy atom. The molecule has 5 heteroatoms. The van der Waals surface area contributed by atoms with Crippen molar-refractivity contribution >= 4 is 8.32 Å². The van der Waals surface area contributed by atoms with Crippen LogP contribution in [0, 0.1) is 0 Å². The van der Waals surface area contributed by atoms with Gasteiger partial charge in [-0.15, -0.1) is 0 Å². The van der Waals surface area contributed by atoms with E-state index in [2.05, 4.69) is 33.9 Å². The van der Waals surface area contributed by atoms with Gasteiger partial charge in [-0.05, 0) is 18.1 Å². The van der Waals surface area contributed by atoms with Crippen LogP contribution < -0.4 is 0 Å². The molecular weight excluding hydrogens is 222 g/mol. The van der Waals surface area contributed by atoms with E-state index in [4.69, 9.17) is 9.26 Å². The summed E-state index contributed by atoms with van der Waals surface area (Å²) in [6.45, 7) is 11.8. The topological polar surface area (TPSA) is 41.9 Å². The third-order valence-electron chi connectivity index (χ3n) is 3.72. The molecule has 1 aliphatic rings. The van der Waals surface area contributed by atoms with Gasteiger partial charge in [-0.2, -0.15) is 5.06 Å². The first kappa shape index (κ1) is 14.1. The summed E-state index contributed by atoms with van der Waals surface area (Å²) >= 11 is 0. The van der Waals surface area contributed by atoms with Crippen LogP contribution in [0.5, 0.6) is 0 Å². The van der Waals surface area contributed by atoms with E-state index in [0.717, 1.165) is 0 Å². The highest BCUT2D eigenvalue weighted by atomic mass is 28.4. The molecule has 0 aliphatic carbocycles. The number of nitrogens with zero attached hydrogens (tertiary/aromatic N) is 1. The second-order valence-corrected chi connectivity index (χ2v) is 10.9. The smallest absolute Gasteiger partial charge is 0.192 e. The van der Waals surface area contributed by atoms with E-state index in [1.807, 2.05) is 7.05 Å².